The van der Waals surface area contributed by atoms with Gasteiger partial charge in [0, 0.05) is 17.6 Å². The van der Waals surface area contributed by atoms with Crippen LogP contribution in [0.4, 0.5) is 13.2 Å². The largest absolute Gasteiger partial charge is 0.416 e. The summed E-state index contributed by atoms with van der Waals surface area (Å²) in [4.78, 5) is 23.5. The Balaban J connectivity index is 2.03. The van der Waals surface area contributed by atoms with E-state index in [9.17, 15) is 22.8 Å². The van der Waals surface area contributed by atoms with Crippen LogP contribution in [0.2, 0.25) is 5.02 Å². The fourth-order valence-electron chi connectivity index (χ4n) is 1.80. The number of hydrogen-bond donors (Lipinski definition) is 2. The Kier molecular flexibility index (Phi) is 5.05. The third kappa shape index (κ3) is 4.56. The molecule has 0 fully saturated rings. The van der Waals surface area contributed by atoms with E-state index in [0.717, 1.165) is 18.2 Å². The molecule has 0 aliphatic rings. The molecule has 0 aliphatic carbocycles. The number of aromatic amines is 1. The fourth-order valence-corrected chi connectivity index (χ4v) is 1.98. The number of halogens is 4. The second-order valence-corrected chi connectivity index (χ2v) is 5.08. The molecular weight excluding hydrogens is 335 g/mol. The highest BCUT2D eigenvalue weighted by atomic mass is 35.5. The molecule has 0 atom stereocenters. The molecular formula is C14H11ClF3N3O2. The van der Waals surface area contributed by atoms with Crippen LogP contribution >= 0.6 is 11.6 Å². The zero-order valence-corrected chi connectivity index (χ0v) is 12.3. The highest BCUT2D eigenvalue weighted by molar-refractivity contribution is 6.37. The SMILES string of the molecule is O=C(Cc1cc(C(F)(F)F)ccc1Cl)C(=O)NCc1ccn[nH]1. The topological polar surface area (TPSA) is 74.8 Å². The van der Waals surface area contributed by atoms with Crippen LogP contribution in [0, 0.1) is 0 Å². The van der Waals surface area contributed by atoms with Crippen molar-refractivity contribution in [2.24, 2.45) is 0 Å². The molecule has 0 spiro atoms. The molecule has 122 valence electrons. The molecule has 23 heavy (non-hydrogen) atoms. The highest BCUT2D eigenvalue weighted by Gasteiger charge is 2.31. The summed E-state index contributed by atoms with van der Waals surface area (Å²) in [5.41, 5.74) is -0.394. The first-order valence-corrected chi connectivity index (χ1v) is 6.80. The Hall–Kier alpha value is -2.35. The van der Waals surface area contributed by atoms with E-state index >= 15 is 0 Å². The number of carbonyl (C=O) groups is 2. The van der Waals surface area contributed by atoms with Gasteiger partial charge in [-0.25, -0.2) is 0 Å². The maximum absolute atomic E-state index is 12.7. The van der Waals surface area contributed by atoms with E-state index in [4.69, 9.17) is 11.6 Å². The Morgan fingerprint density at radius 1 is 1.26 bits per heavy atom. The van der Waals surface area contributed by atoms with Gasteiger partial charge in [0.05, 0.1) is 17.8 Å². The summed E-state index contributed by atoms with van der Waals surface area (Å²) in [6.45, 7) is 0.0564. The van der Waals surface area contributed by atoms with Gasteiger partial charge >= 0.3 is 6.18 Å². The summed E-state index contributed by atoms with van der Waals surface area (Å²) in [5.74, 6) is -1.79. The molecule has 0 saturated carbocycles. The zero-order chi connectivity index (χ0) is 17.0. The summed E-state index contributed by atoms with van der Waals surface area (Å²) < 4.78 is 38.0. The average molecular weight is 346 g/mol. The van der Waals surface area contributed by atoms with Gasteiger partial charge in [-0.15, -0.1) is 0 Å². The van der Waals surface area contributed by atoms with E-state index in [0.29, 0.717) is 5.69 Å². The molecule has 2 N–H and O–H groups in total. The minimum atomic E-state index is -4.55. The maximum Gasteiger partial charge on any atom is 0.416 e. The molecule has 0 radical (unpaired) electrons. The zero-order valence-electron chi connectivity index (χ0n) is 11.6. The Bertz CT molecular complexity index is 715. The molecule has 0 saturated heterocycles. The summed E-state index contributed by atoms with van der Waals surface area (Å²) in [6.07, 6.45) is -3.59. The van der Waals surface area contributed by atoms with Crippen molar-refractivity contribution in [3.63, 3.8) is 0 Å². The minimum absolute atomic E-state index is 0.00674. The Morgan fingerprint density at radius 2 is 2.00 bits per heavy atom. The lowest BCUT2D eigenvalue weighted by Gasteiger charge is -2.10. The number of amides is 1. The number of benzene rings is 1. The van der Waals surface area contributed by atoms with Crippen molar-refractivity contribution in [3.05, 3.63) is 52.3 Å². The molecule has 9 heteroatoms. The predicted molar refractivity (Wildman–Crippen MR) is 75.6 cm³/mol. The summed E-state index contributed by atoms with van der Waals surface area (Å²) in [7, 11) is 0. The number of alkyl halides is 3. The fraction of sp³-hybridized carbons (Fsp3) is 0.214. The lowest BCUT2D eigenvalue weighted by Crippen LogP contribution is -2.31. The third-order valence-corrected chi connectivity index (χ3v) is 3.34. The van der Waals surface area contributed by atoms with E-state index in [1.807, 2.05) is 0 Å². The Morgan fingerprint density at radius 3 is 2.61 bits per heavy atom. The number of ketones is 1. The molecule has 1 aromatic heterocycles. The number of rotatable bonds is 5. The van der Waals surface area contributed by atoms with Crippen LogP contribution in [0.3, 0.4) is 0 Å². The first-order chi connectivity index (χ1) is 10.8. The first kappa shape index (κ1) is 17.0. The summed E-state index contributed by atoms with van der Waals surface area (Å²) in [5, 5.41) is 8.60. The van der Waals surface area contributed by atoms with Gasteiger partial charge in [-0.05, 0) is 29.8 Å². The number of Topliss-reactive ketones (excluding diaryl/α,β-unsaturated/α-hetero) is 1. The maximum atomic E-state index is 12.7. The molecule has 2 aromatic rings. The average Bonchev–Trinajstić information content (AvgIpc) is 2.99. The van der Waals surface area contributed by atoms with Crippen LogP contribution in [0.15, 0.2) is 30.5 Å². The second-order valence-electron chi connectivity index (χ2n) is 4.67. The number of H-pyrrole nitrogens is 1. The molecule has 0 aliphatic heterocycles. The minimum Gasteiger partial charge on any atom is -0.344 e. The van der Waals surface area contributed by atoms with Crippen LogP contribution in [0.5, 0.6) is 0 Å². The first-order valence-electron chi connectivity index (χ1n) is 6.42. The lowest BCUT2D eigenvalue weighted by molar-refractivity contribution is -0.138. The van der Waals surface area contributed by atoms with Crippen LogP contribution in [0.1, 0.15) is 16.8 Å². The van der Waals surface area contributed by atoms with E-state index < -0.39 is 29.9 Å². The highest BCUT2D eigenvalue weighted by Crippen LogP contribution is 2.31. The third-order valence-electron chi connectivity index (χ3n) is 2.98. The predicted octanol–water partition coefficient (Wildman–Crippen LogP) is 2.51. The van der Waals surface area contributed by atoms with Gasteiger partial charge in [0.1, 0.15) is 0 Å². The van der Waals surface area contributed by atoms with Gasteiger partial charge in [-0.2, -0.15) is 18.3 Å². The number of nitrogens with zero attached hydrogens (tertiary/aromatic N) is 1. The number of hydrogen-bond acceptors (Lipinski definition) is 3. The Labute approximate surface area is 133 Å². The van der Waals surface area contributed by atoms with Gasteiger partial charge in [-0.3, -0.25) is 14.7 Å². The normalized spacial score (nSPS) is 11.3. The summed E-state index contributed by atoms with van der Waals surface area (Å²) in [6, 6.07) is 4.24. The molecule has 1 aromatic carbocycles. The van der Waals surface area contributed by atoms with E-state index in [-0.39, 0.29) is 17.1 Å². The second kappa shape index (κ2) is 6.82. The van der Waals surface area contributed by atoms with E-state index in [1.54, 1.807) is 6.07 Å². The van der Waals surface area contributed by atoms with Gasteiger partial charge in [0.15, 0.2) is 0 Å². The smallest absolute Gasteiger partial charge is 0.344 e. The van der Waals surface area contributed by atoms with Gasteiger partial charge in [0.25, 0.3) is 5.91 Å². The molecule has 1 heterocycles. The molecule has 0 unspecified atom stereocenters. The van der Waals surface area contributed by atoms with Crippen molar-refractivity contribution in [3.8, 4) is 0 Å². The van der Waals surface area contributed by atoms with Crippen molar-refractivity contribution < 1.29 is 22.8 Å². The number of nitrogens with one attached hydrogen (secondary N) is 2. The summed E-state index contributed by atoms with van der Waals surface area (Å²) >= 11 is 5.79. The van der Waals surface area contributed by atoms with Gasteiger partial charge in [-0.1, -0.05) is 11.6 Å². The van der Waals surface area contributed by atoms with Gasteiger partial charge in [0.2, 0.25) is 5.78 Å². The molecule has 2 rings (SSSR count). The monoisotopic (exact) mass is 345 g/mol. The van der Waals surface area contributed by atoms with Crippen molar-refractivity contribution in [1.29, 1.82) is 0 Å². The van der Waals surface area contributed by atoms with Crippen LogP contribution in [-0.2, 0) is 28.7 Å². The lowest BCUT2D eigenvalue weighted by atomic mass is 10.0. The molecule has 1 amide bonds. The van der Waals surface area contributed by atoms with E-state index in [1.165, 1.54) is 6.20 Å². The van der Waals surface area contributed by atoms with Crippen molar-refractivity contribution >= 4 is 23.3 Å². The van der Waals surface area contributed by atoms with Gasteiger partial charge < -0.3 is 5.32 Å². The van der Waals surface area contributed by atoms with Crippen molar-refractivity contribution in [1.82, 2.24) is 15.5 Å². The quantitative estimate of drug-likeness (QED) is 0.818. The van der Waals surface area contributed by atoms with Crippen LogP contribution in [-0.4, -0.2) is 21.9 Å². The number of carbonyl (C=O) groups excluding carboxylic acids is 2. The van der Waals surface area contributed by atoms with Crippen molar-refractivity contribution in [2.45, 2.75) is 19.1 Å². The van der Waals surface area contributed by atoms with Crippen LogP contribution < -0.4 is 5.32 Å². The van der Waals surface area contributed by atoms with Crippen LogP contribution in [0.25, 0.3) is 0 Å². The molecule has 0 bridgehead atoms. The standard InChI is InChI=1S/C14H11ClF3N3O2/c15-11-2-1-9(14(16,17)18)5-8(11)6-12(22)13(23)19-7-10-3-4-20-21-10/h1-5H,6-7H2,(H,19,23)(H,20,21). The molecule has 5 nitrogen and oxygen atoms in total. The van der Waals surface area contributed by atoms with E-state index in [2.05, 4.69) is 15.5 Å². The van der Waals surface area contributed by atoms with Crippen molar-refractivity contribution in [2.75, 3.05) is 0 Å². The number of aromatic nitrogens is 2.